The molecule has 14 heavy (non-hydrogen) atoms. The molecule has 0 unspecified atom stereocenters. The van der Waals surface area contributed by atoms with Crippen LogP contribution in [-0.4, -0.2) is 17.6 Å². The number of aromatic nitrogens is 1. The first kappa shape index (κ1) is 9.15. The monoisotopic (exact) mass is 192 g/mol. The summed E-state index contributed by atoms with van der Waals surface area (Å²) in [5.74, 6) is -0.345. The second-order valence-corrected chi connectivity index (χ2v) is 3.16. The molecule has 2 heterocycles. The zero-order valence-corrected chi connectivity index (χ0v) is 8.04. The van der Waals surface area contributed by atoms with Gasteiger partial charge in [0.1, 0.15) is 5.69 Å². The first-order valence-electron chi connectivity index (χ1n) is 4.67. The van der Waals surface area contributed by atoms with Crippen LogP contribution in [0.4, 0.5) is 0 Å². The van der Waals surface area contributed by atoms with Gasteiger partial charge in [0.2, 0.25) is 0 Å². The van der Waals surface area contributed by atoms with Crippen molar-refractivity contribution in [2.24, 2.45) is 0 Å². The van der Waals surface area contributed by atoms with Crippen molar-refractivity contribution in [1.82, 2.24) is 10.3 Å². The number of nitrogens with one attached hydrogen (secondary N) is 1. The van der Waals surface area contributed by atoms with Crippen LogP contribution in [0.1, 0.15) is 28.5 Å². The summed E-state index contributed by atoms with van der Waals surface area (Å²) in [6.45, 7) is 3.82. The highest BCUT2D eigenvalue weighted by Gasteiger charge is 2.14. The number of ether oxygens (including phenoxy) is 1. The van der Waals surface area contributed by atoms with Crippen molar-refractivity contribution in [2.45, 2.75) is 20.0 Å². The van der Waals surface area contributed by atoms with Gasteiger partial charge >= 0.3 is 5.97 Å². The minimum atomic E-state index is -0.345. The van der Waals surface area contributed by atoms with Crippen molar-refractivity contribution < 1.29 is 9.53 Å². The Kier molecular flexibility index (Phi) is 2.45. The molecule has 0 amide bonds. The van der Waals surface area contributed by atoms with Crippen molar-refractivity contribution in [3.8, 4) is 0 Å². The maximum absolute atomic E-state index is 11.3. The van der Waals surface area contributed by atoms with Gasteiger partial charge in [0.25, 0.3) is 0 Å². The van der Waals surface area contributed by atoms with Crippen LogP contribution in [0.25, 0.3) is 0 Å². The van der Waals surface area contributed by atoms with Gasteiger partial charge in [-0.3, -0.25) is 0 Å². The number of carbonyl (C=O) groups is 1. The normalized spacial score (nSPS) is 13.8. The lowest BCUT2D eigenvalue weighted by atomic mass is 10.1. The van der Waals surface area contributed by atoms with E-state index in [-0.39, 0.29) is 5.97 Å². The maximum atomic E-state index is 11.3. The highest BCUT2D eigenvalue weighted by molar-refractivity contribution is 5.87. The van der Waals surface area contributed by atoms with Gasteiger partial charge in [-0.05, 0) is 24.1 Å². The van der Waals surface area contributed by atoms with Gasteiger partial charge in [-0.2, -0.15) is 0 Å². The number of fused-ring (bicyclic) bond motifs is 1. The van der Waals surface area contributed by atoms with Gasteiger partial charge in [0.05, 0.1) is 6.61 Å². The van der Waals surface area contributed by atoms with Gasteiger partial charge in [0, 0.05) is 19.3 Å². The number of pyridine rings is 1. The Balaban J connectivity index is 2.24. The van der Waals surface area contributed by atoms with Crippen molar-refractivity contribution in [2.75, 3.05) is 6.61 Å². The number of rotatable bonds is 2. The van der Waals surface area contributed by atoms with Crippen LogP contribution in [0.5, 0.6) is 0 Å². The Labute approximate surface area is 82.3 Å². The fourth-order valence-electron chi connectivity index (χ4n) is 1.50. The van der Waals surface area contributed by atoms with Crippen LogP contribution >= 0.6 is 0 Å². The third-order valence-electron chi connectivity index (χ3n) is 2.20. The maximum Gasteiger partial charge on any atom is 0.356 e. The quantitative estimate of drug-likeness (QED) is 0.706. The minimum absolute atomic E-state index is 0.345. The smallest absolute Gasteiger partial charge is 0.356 e. The van der Waals surface area contributed by atoms with E-state index in [1.54, 1.807) is 19.2 Å². The molecule has 0 saturated heterocycles. The molecule has 0 atom stereocenters. The topological polar surface area (TPSA) is 51.2 Å². The predicted molar refractivity (Wildman–Crippen MR) is 50.7 cm³/mol. The highest BCUT2D eigenvalue weighted by atomic mass is 16.5. The number of esters is 1. The van der Waals surface area contributed by atoms with E-state index in [1.807, 2.05) is 0 Å². The summed E-state index contributed by atoms with van der Waals surface area (Å²) < 4.78 is 4.87. The van der Waals surface area contributed by atoms with E-state index in [9.17, 15) is 4.79 Å². The summed E-state index contributed by atoms with van der Waals surface area (Å²) in [4.78, 5) is 15.4. The average Bonchev–Trinajstić information content (AvgIpc) is 2.64. The third-order valence-corrected chi connectivity index (χ3v) is 2.20. The molecule has 4 heteroatoms. The van der Waals surface area contributed by atoms with E-state index in [4.69, 9.17) is 4.74 Å². The molecule has 4 nitrogen and oxygen atoms in total. The van der Waals surface area contributed by atoms with Gasteiger partial charge in [-0.25, -0.2) is 9.78 Å². The minimum Gasteiger partial charge on any atom is -0.461 e. The van der Waals surface area contributed by atoms with E-state index in [1.165, 1.54) is 0 Å². The number of hydrogen-bond donors (Lipinski definition) is 1. The number of hydrogen-bond acceptors (Lipinski definition) is 4. The Morgan fingerprint density at radius 1 is 1.57 bits per heavy atom. The molecule has 2 rings (SSSR count). The summed E-state index contributed by atoms with van der Waals surface area (Å²) in [6.07, 6.45) is 1.74. The molecule has 1 N–H and O–H groups in total. The zero-order chi connectivity index (χ0) is 9.97. The van der Waals surface area contributed by atoms with Crippen molar-refractivity contribution in [1.29, 1.82) is 0 Å². The summed E-state index contributed by atoms with van der Waals surface area (Å²) >= 11 is 0. The van der Waals surface area contributed by atoms with Crippen LogP contribution in [0, 0.1) is 0 Å². The third kappa shape index (κ3) is 1.61. The molecule has 0 fully saturated rings. The zero-order valence-electron chi connectivity index (χ0n) is 8.04. The number of nitrogens with zero attached hydrogens (tertiary/aromatic N) is 1. The van der Waals surface area contributed by atoms with E-state index in [0.29, 0.717) is 12.3 Å². The van der Waals surface area contributed by atoms with Gasteiger partial charge < -0.3 is 10.1 Å². The Bertz CT molecular complexity index is 363. The molecule has 1 aliphatic heterocycles. The second kappa shape index (κ2) is 3.75. The summed E-state index contributed by atoms with van der Waals surface area (Å²) in [5, 5.41) is 3.19. The SMILES string of the molecule is CCOC(=O)c1cc2c(cn1)CNC2. The lowest BCUT2D eigenvalue weighted by Gasteiger charge is -2.02. The molecule has 0 bridgehead atoms. The van der Waals surface area contributed by atoms with Crippen LogP contribution in [0.15, 0.2) is 12.3 Å². The van der Waals surface area contributed by atoms with E-state index >= 15 is 0 Å². The first-order valence-corrected chi connectivity index (χ1v) is 4.67. The molecular formula is C10H12N2O2. The van der Waals surface area contributed by atoms with E-state index < -0.39 is 0 Å². The molecule has 0 aromatic carbocycles. The predicted octanol–water partition coefficient (Wildman–Crippen LogP) is 0.861. The first-order chi connectivity index (χ1) is 6.81. The van der Waals surface area contributed by atoms with Crippen molar-refractivity contribution >= 4 is 5.97 Å². The van der Waals surface area contributed by atoms with Crippen LogP contribution in [0.3, 0.4) is 0 Å². The van der Waals surface area contributed by atoms with Crippen LogP contribution in [0.2, 0.25) is 0 Å². The molecular weight excluding hydrogens is 180 g/mol. The average molecular weight is 192 g/mol. The Morgan fingerprint density at radius 3 is 3.14 bits per heavy atom. The highest BCUT2D eigenvalue weighted by Crippen LogP contribution is 2.15. The van der Waals surface area contributed by atoms with Crippen molar-refractivity contribution in [3.05, 3.63) is 29.1 Å². The second-order valence-electron chi connectivity index (χ2n) is 3.16. The number of carbonyl (C=O) groups excluding carboxylic acids is 1. The summed E-state index contributed by atoms with van der Waals surface area (Å²) in [5.41, 5.74) is 2.70. The molecule has 1 aliphatic rings. The van der Waals surface area contributed by atoms with Gasteiger partial charge in [-0.1, -0.05) is 0 Å². The molecule has 0 aliphatic carbocycles. The lowest BCUT2D eigenvalue weighted by molar-refractivity contribution is 0.0519. The Morgan fingerprint density at radius 2 is 2.36 bits per heavy atom. The molecule has 0 spiro atoms. The summed E-state index contributed by atoms with van der Waals surface area (Å²) in [7, 11) is 0. The van der Waals surface area contributed by atoms with Crippen LogP contribution in [-0.2, 0) is 17.8 Å². The molecule has 74 valence electrons. The largest absolute Gasteiger partial charge is 0.461 e. The summed E-state index contributed by atoms with van der Waals surface area (Å²) in [6, 6.07) is 1.80. The van der Waals surface area contributed by atoms with E-state index in [2.05, 4.69) is 10.3 Å². The molecule has 1 aromatic heterocycles. The fourth-order valence-corrected chi connectivity index (χ4v) is 1.50. The van der Waals surface area contributed by atoms with Gasteiger partial charge in [0.15, 0.2) is 0 Å². The molecule has 0 radical (unpaired) electrons. The molecule has 0 saturated carbocycles. The fraction of sp³-hybridized carbons (Fsp3) is 0.400. The van der Waals surface area contributed by atoms with Crippen molar-refractivity contribution in [3.63, 3.8) is 0 Å². The standard InChI is InChI=1S/C10H12N2O2/c1-2-14-10(13)9-3-7-4-11-5-8(7)6-12-9/h3,6,11H,2,4-5H2,1H3. The molecule has 1 aromatic rings. The lowest BCUT2D eigenvalue weighted by Crippen LogP contribution is -2.07. The van der Waals surface area contributed by atoms with Gasteiger partial charge in [-0.15, -0.1) is 0 Å². The van der Waals surface area contributed by atoms with E-state index in [0.717, 1.165) is 24.2 Å². The van der Waals surface area contributed by atoms with Crippen LogP contribution < -0.4 is 5.32 Å². The Hall–Kier alpha value is -1.42.